The Hall–Kier alpha value is -3.22. The van der Waals surface area contributed by atoms with Gasteiger partial charge in [0.15, 0.2) is 5.83 Å². The smallest absolute Gasteiger partial charge is 0.318 e. The Balaban J connectivity index is 1.54. The number of likely N-dealkylation sites (N-methyl/N-ethyl adjacent to an activating group) is 1. The van der Waals surface area contributed by atoms with Crippen LogP contribution in [0.25, 0.3) is 0 Å². The second kappa shape index (κ2) is 12.8. The van der Waals surface area contributed by atoms with Gasteiger partial charge in [-0.25, -0.2) is 4.39 Å². The molecule has 0 spiro atoms. The average molecular weight is 609 g/mol. The van der Waals surface area contributed by atoms with Crippen LogP contribution in [0.15, 0.2) is 30.6 Å². The summed E-state index contributed by atoms with van der Waals surface area (Å²) in [6.45, 7) is 12.4. The number of piperazine rings is 1. The lowest BCUT2D eigenvalue weighted by Gasteiger charge is -2.44. The molecule has 230 valence electrons. The lowest BCUT2D eigenvalue weighted by Crippen LogP contribution is -2.56. The van der Waals surface area contributed by atoms with Crippen LogP contribution in [0.2, 0.25) is 5.02 Å². The van der Waals surface area contributed by atoms with Gasteiger partial charge in [0.2, 0.25) is 0 Å². The fraction of sp³-hybridized carbons (Fsp3) is 0.576. The molecule has 8 nitrogen and oxygen atoms in total. The summed E-state index contributed by atoms with van der Waals surface area (Å²) in [5.74, 6) is -0.793. The third-order valence-electron chi connectivity index (χ3n) is 9.69. The van der Waals surface area contributed by atoms with Crippen LogP contribution in [0.5, 0.6) is 6.01 Å². The van der Waals surface area contributed by atoms with Crippen molar-refractivity contribution < 1.29 is 13.9 Å². The zero-order chi connectivity index (χ0) is 30.9. The van der Waals surface area contributed by atoms with Crippen LogP contribution in [0.4, 0.5) is 10.2 Å². The van der Waals surface area contributed by atoms with E-state index in [0.29, 0.717) is 31.7 Å². The van der Waals surface area contributed by atoms with E-state index in [1.165, 1.54) is 16.0 Å². The zero-order valence-electron chi connectivity index (χ0n) is 25.7. The number of fused-ring (bicyclic) bond motifs is 1. The zero-order valence-corrected chi connectivity index (χ0v) is 26.5. The molecule has 3 heterocycles. The van der Waals surface area contributed by atoms with Crippen molar-refractivity contribution in [2.45, 2.75) is 82.7 Å². The standard InChI is InChI=1S/C33H42ClFN6O2/c1-6-24-25(10-7-11-28(24)34)27-13-12-26-29(33(27,3)4)37-32(43-20-23-9-8-16-39(23)5)38-30(26)40-17-18-41(31(42)21(2)35)22(19-40)14-15-36/h7,10-11,22-23,27H,2,6,8-9,12-14,16-20H2,1,3-5H3. The van der Waals surface area contributed by atoms with Crippen LogP contribution >= 0.6 is 11.6 Å². The third kappa shape index (κ3) is 6.09. The van der Waals surface area contributed by atoms with Crippen LogP contribution < -0.4 is 9.64 Å². The van der Waals surface area contributed by atoms with Crippen molar-refractivity contribution in [2.24, 2.45) is 0 Å². The predicted molar refractivity (Wildman–Crippen MR) is 166 cm³/mol. The highest BCUT2D eigenvalue weighted by Crippen LogP contribution is 2.50. The summed E-state index contributed by atoms with van der Waals surface area (Å²) in [5, 5.41) is 10.3. The molecule has 1 aromatic heterocycles. The summed E-state index contributed by atoms with van der Waals surface area (Å²) in [6, 6.07) is 8.52. The molecule has 0 radical (unpaired) electrons. The summed E-state index contributed by atoms with van der Waals surface area (Å²) in [5.41, 5.74) is 4.11. The van der Waals surface area contributed by atoms with Crippen molar-refractivity contribution in [2.75, 3.05) is 44.7 Å². The summed E-state index contributed by atoms with van der Waals surface area (Å²) < 4.78 is 20.2. The van der Waals surface area contributed by atoms with Gasteiger partial charge in [0.1, 0.15) is 12.4 Å². The van der Waals surface area contributed by atoms with Gasteiger partial charge in [-0.05, 0) is 68.8 Å². The van der Waals surface area contributed by atoms with Crippen molar-refractivity contribution >= 4 is 23.3 Å². The minimum atomic E-state index is -1.01. The molecule has 1 aromatic carbocycles. The van der Waals surface area contributed by atoms with E-state index in [1.807, 2.05) is 12.1 Å². The molecule has 1 amide bonds. The van der Waals surface area contributed by atoms with Gasteiger partial charge in [-0.3, -0.25) is 4.79 Å². The van der Waals surface area contributed by atoms with E-state index >= 15 is 0 Å². The minimum Gasteiger partial charge on any atom is -0.462 e. The van der Waals surface area contributed by atoms with Gasteiger partial charge in [0.25, 0.3) is 5.91 Å². The fourth-order valence-electron chi connectivity index (χ4n) is 7.29. The van der Waals surface area contributed by atoms with Crippen molar-refractivity contribution in [1.29, 1.82) is 5.26 Å². The number of amides is 1. The quantitative estimate of drug-likeness (QED) is 0.361. The second-order valence-corrected chi connectivity index (χ2v) is 13.0. The average Bonchev–Trinajstić information content (AvgIpc) is 3.40. The number of anilines is 1. The Morgan fingerprint density at radius 1 is 1.23 bits per heavy atom. The van der Waals surface area contributed by atoms with E-state index in [2.05, 4.69) is 56.3 Å². The van der Waals surface area contributed by atoms with Gasteiger partial charge in [-0.2, -0.15) is 15.2 Å². The lowest BCUT2D eigenvalue weighted by molar-refractivity contribution is -0.131. The summed E-state index contributed by atoms with van der Waals surface area (Å²) in [6.07, 6.45) is 4.82. The molecule has 2 fully saturated rings. The van der Waals surface area contributed by atoms with Gasteiger partial charge >= 0.3 is 6.01 Å². The van der Waals surface area contributed by atoms with E-state index in [0.717, 1.165) is 60.7 Å². The first-order chi connectivity index (χ1) is 20.6. The molecule has 0 N–H and O–H groups in total. The molecule has 3 unspecified atom stereocenters. The maximum absolute atomic E-state index is 13.8. The largest absolute Gasteiger partial charge is 0.462 e. The van der Waals surface area contributed by atoms with E-state index in [1.54, 1.807) is 0 Å². The second-order valence-electron chi connectivity index (χ2n) is 12.6. The van der Waals surface area contributed by atoms with Gasteiger partial charge < -0.3 is 19.4 Å². The SMILES string of the molecule is C=C(F)C(=O)N1CCN(c2nc(OCC3CCCN3C)nc3c2CCC(c2cccc(Cl)c2CC)C3(C)C)CC1CC#N. The molecular formula is C33H42ClFN6O2. The van der Waals surface area contributed by atoms with Crippen LogP contribution in [0.1, 0.15) is 74.8 Å². The molecule has 1 aliphatic carbocycles. The van der Waals surface area contributed by atoms with Gasteiger partial charge in [0, 0.05) is 41.7 Å². The van der Waals surface area contributed by atoms with Gasteiger partial charge in [-0.15, -0.1) is 0 Å². The number of rotatable bonds is 8. The van der Waals surface area contributed by atoms with Crippen molar-refractivity contribution in [1.82, 2.24) is 19.8 Å². The van der Waals surface area contributed by atoms with E-state index in [9.17, 15) is 14.4 Å². The molecule has 0 saturated carbocycles. The highest BCUT2D eigenvalue weighted by atomic mass is 35.5. The predicted octanol–water partition coefficient (Wildman–Crippen LogP) is 5.59. The maximum Gasteiger partial charge on any atom is 0.318 e. The lowest BCUT2D eigenvalue weighted by atomic mass is 9.64. The van der Waals surface area contributed by atoms with Crippen LogP contribution in [-0.4, -0.2) is 77.6 Å². The minimum absolute atomic E-state index is 0.0856. The number of carbonyl (C=O) groups excluding carboxylic acids is 1. The Morgan fingerprint density at radius 2 is 2.02 bits per heavy atom. The Labute approximate surface area is 259 Å². The third-order valence-corrected chi connectivity index (χ3v) is 10.0. The molecule has 3 aliphatic rings. The van der Waals surface area contributed by atoms with E-state index < -0.39 is 17.8 Å². The van der Waals surface area contributed by atoms with E-state index in [-0.39, 0.29) is 24.3 Å². The molecule has 2 aliphatic heterocycles. The number of hydrogen-bond acceptors (Lipinski definition) is 7. The number of aromatic nitrogens is 2. The number of ether oxygens (including phenoxy) is 1. The molecular weight excluding hydrogens is 567 g/mol. The number of carbonyl (C=O) groups is 1. The molecule has 5 rings (SSSR count). The highest BCUT2D eigenvalue weighted by Gasteiger charge is 2.43. The normalized spacial score (nSPS) is 23.5. The number of likely N-dealkylation sites (tertiary alicyclic amines) is 1. The summed E-state index contributed by atoms with van der Waals surface area (Å²) in [7, 11) is 2.12. The van der Waals surface area contributed by atoms with Gasteiger partial charge in [0.05, 0.1) is 24.2 Å². The first kappa shape index (κ1) is 31.2. The monoisotopic (exact) mass is 608 g/mol. The van der Waals surface area contributed by atoms with Gasteiger partial charge in [-0.1, -0.05) is 51.1 Å². The summed E-state index contributed by atoms with van der Waals surface area (Å²) in [4.78, 5) is 28.5. The molecule has 2 aromatic rings. The number of hydrogen-bond donors (Lipinski definition) is 0. The van der Waals surface area contributed by atoms with Crippen molar-refractivity contribution in [3.8, 4) is 12.1 Å². The Kier molecular flexibility index (Phi) is 9.29. The molecule has 43 heavy (non-hydrogen) atoms. The number of nitriles is 1. The molecule has 3 atom stereocenters. The van der Waals surface area contributed by atoms with Crippen molar-refractivity contribution in [3.63, 3.8) is 0 Å². The topological polar surface area (TPSA) is 85.6 Å². The van der Waals surface area contributed by atoms with Crippen molar-refractivity contribution in [3.05, 3.63) is 58.0 Å². The van der Waals surface area contributed by atoms with Crippen LogP contribution in [0, 0.1) is 11.3 Å². The molecule has 0 bridgehead atoms. The maximum atomic E-state index is 13.8. The Morgan fingerprint density at radius 3 is 2.70 bits per heavy atom. The first-order valence-electron chi connectivity index (χ1n) is 15.4. The number of halogens is 2. The Bertz CT molecular complexity index is 1420. The first-order valence-corrected chi connectivity index (χ1v) is 15.7. The number of benzene rings is 1. The highest BCUT2D eigenvalue weighted by molar-refractivity contribution is 6.31. The van der Waals surface area contributed by atoms with E-state index in [4.69, 9.17) is 26.3 Å². The molecule has 2 saturated heterocycles. The fourth-order valence-corrected chi connectivity index (χ4v) is 7.60. The summed E-state index contributed by atoms with van der Waals surface area (Å²) >= 11 is 6.67. The van der Waals surface area contributed by atoms with Crippen LogP contribution in [-0.2, 0) is 23.1 Å². The number of nitrogens with zero attached hydrogens (tertiary/aromatic N) is 6. The molecule has 10 heteroatoms. The van der Waals surface area contributed by atoms with Crippen LogP contribution in [0.3, 0.4) is 0 Å².